The summed E-state index contributed by atoms with van der Waals surface area (Å²) in [5.74, 6) is 0.308. The van der Waals surface area contributed by atoms with Gasteiger partial charge in [0, 0.05) is 10.7 Å². The molecule has 0 amide bonds. The summed E-state index contributed by atoms with van der Waals surface area (Å²) in [7, 11) is -3.62. The minimum absolute atomic E-state index is 0.263. The van der Waals surface area contributed by atoms with Crippen LogP contribution in [0.1, 0.15) is 11.1 Å². The van der Waals surface area contributed by atoms with E-state index >= 15 is 0 Å². The molecule has 0 fully saturated rings. The average Bonchev–Trinajstić information content (AvgIpc) is 2.34. The molecule has 19 heavy (non-hydrogen) atoms. The van der Waals surface area contributed by atoms with E-state index < -0.39 is 10.0 Å². The van der Waals surface area contributed by atoms with Crippen molar-refractivity contribution < 1.29 is 8.42 Å². The molecule has 0 aliphatic carbocycles. The predicted molar refractivity (Wildman–Crippen MR) is 78.7 cm³/mol. The Morgan fingerprint density at radius 1 is 1.16 bits per heavy atom. The van der Waals surface area contributed by atoms with Crippen molar-refractivity contribution in [1.29, 1.82) is 0 Å². The highest BCUT2D eigenvalue weighted by Crippen LogP contribution is 2.25. The van der Waals surface area contributed by atoms with Crippen molar-refractivity contribution in [3.8, 4) is 0 Å². The molecular weight excluding hydrogens is 328 g/mol. The van der Waals surface area contributed by atoms with Gasteiger partial charge in [-0.25, -0.2) is 13.4 Å². The Balaban J connectivity index is 2.43. The number of hydrogen-bond donors (Lipinski definition) is 1. The Morgan fingerprint density at radius 3 is 2.53 bits per heavy atom. The fourth-order valence-corrected chi connectivity index (χ4v) is 3.44. The van der Waals surface area contributed by atoms with Crippen molar-refractivity contribution in [1.82, 2.24) is 4.98 Å². The van der Waals surface area contributed by atoms with Crippen molar-refractivity contribution >= 4 is 31.8 Å². The van der Waals surface area contributed by atoms with Crippen LogP contribution in [-0.2, 0) is 10.0 Å². The Hall–Kier alpha value is -1.40. The second kappa shape index (κ2) is 5.30. The molecule has 1 aromatic carbocycles. The molecule has 0 radical (unpaired) electrons. The molecule has 1 heterocycles. The summed E-state index contributed by atoms with van der Waals surface area (Å²) in [6.45, 7) is 3.61. The van der Waals surface area contributed by atoms with Crippen molar-refractivity contribution in [2.24, 2.45) is 0 Å². The highest BCUT2D eigenvalue weighted by atomic mass is 79.9. The number of sulfonamides is 1. The Kier molecular flexibility index (Phi) is 3.91. The molecule has 0 aliphatic heterocycles. The van der Waals surface area contributed by atoms with E-state index in [0.717, 1.165) is 10.0 Å². The number of halogens is 1. The molecule has 0 unspecified atom stereocenters. The maximum absolute atomic E-state index is 12.3. The van der Waals surface area contributed by atoms with Gasteiger partial charge in [0.1, 0.15) is 5.82 Å². The average molecular weight is 341 g/mol. The zero-order chi connectivity index (χ0) is 14.0. The summed E-state index contributed by atoms with van der Waals surface area (Å²) in [6.07, 6.45) is 1.54. The second-order valence-electron chi connectivity index (χ2n) is 4.19. The highest BCUT2D eigenvalue weighted by molar-refractivity contribution is 9.10. The molecule has 2 rings (SSSR count). The first-order valence-corrected chi connectivity index (χ1v) is 7.88. The SMILES string of the molecule is Cc1cc(S(=O)(=O)Nc2ccccn2)c(C)cc1Br. The van der Waals surface area contributed by atoms with Crippen LogP contribution in [0.2, 0.25) is 0 Å². The van der Waals surface area contributed by atoms with Gasteiger partial charge >= 0.3 is 0 Å². The normalized spacial score (nSPS) is 11.3. The van der Waals surface area contributed by atoms with Gasteiger partial charge in [-0.05, 0) is 49.2 Å². The minimum Gasteiger partial charge on any atom is -0.263 e. The van der Waals surface area contributed by atoms with Crippen molar-refractivity contribution in [2.75, 3.05) is 4.72 Å². The van der Waals surface area contributed by atoms with E-state index in [1.54, 1.807) is 37.3 Å². The third-order valence-corrected chi connectivity index (χ3v) is 5.00. The van der Waals surface area contributed by atoms with E-state index in [1.807, 2.05) is 6.92 Å². The molecule has 2 aromatic rings. The van der Waals surface area contributed by atoms with Crippen LogP contribution in [0.5, 0.6) is 0 Å². The van der Waals surface area contributed by atoms with Gasteiger partial charge in [0.15, 0.2) is 0 Å². The molecule has 4 nitrogen and oxygen atoms in total. The van der Waals surface area contributed by atoms with Gasteiger partial charge < -0.3 is 0 Å². The van der Waals surface area contributed by atoms with E-state index in [9.17, 15) is 8.42 Å². The van der Waals surface area contributed by atoms with Crippen molar-refractivity contribution in [3.05, 3.63) is 52.1 Å². The lowest BCUT2D eigenvalue weighted by molar-refractivity contribution is 0.600. The molecular formula is C13H13BrN2O2S. The molecule has 0 aliphatic rings. The summed E-state index contributed by atoms with van der Waals surface area (Å²) in [5, 5.41) is 0. The van der Waals surface area contributed by atoms with Gasteiger partial charge in [0.2, 0.25) is 0 Å². The maximum Gasteiger partial charge on any atom is 0.263 e. The lowest BCUT2D eigenvalue weighted by Gasteiger charge is -2.11. The third kappa shape index (κ3) is 3.13. The fourth-order valence-electron chi connectivity index (χ4n) is 1.66. The Bertz CT molecular complexity index is 700. The van der Waals surface area contributed by atoms with Crippen LogP contribution < -0.4 is 4.72 Å². The number of hydrogen-bond acceptors (Lipinski definition) is 3. The van der Waals surface area contributed by atoms with Crippen LogP contribution in [-0.4, -0.2) is 13.4 Å². The smallest absolute Gasteiger partial charge is 0.263 e. The zero-order valence-corrected chi connectivity index (χ0v) is 12.9. The standard InChI is InChI=1S/C13H13BrN2O2S/c1-9-8-12(10(2)7-11(9)14)19(17,18)16-13-5-3-4-6-15-13/h3-8H,1-2H3,(H,15,16). The molecule has 1 aromatic heterocycles. The fraction of sp³-hybridized carbons (Fsp3) is 0.154. The van der Waals surface area contributed by atoms with Crippen molar-refractivity contribution in [2.45, 2.75) is 18.7 Å². The predicted octanol–water partition coefficient (Wildman–Crippen LogP) is 3.26. The molecule has 0 saturated heterocycles. The number of aromatic nitrogens is 1. The van der Waals surface area contributed by atoms with Gasteiger partial charge in [0.25, 0.3) is 10.0 Å². The summed E-state index contributed by atoms with van der Waals surface area (Å²) in [4.78, 5) is 4.22. The summed E-state index contributed by atoms with van der Waals surface area (Å²) in [6, 6.07) is 8.50. The van der Waals surface area contributed by atoms with E-state index in [-0.39, 0.29) is 4.90 Å². The van der Waals surface area contributed by atoms with E-state index in [0.29, 0.717) is 11.4 Å². The second-order valence-corrected chi connectivity index (χ2v) is 6.69. The number of nitrogens with zero attached hydrogens (tertiary/aromatic N) is 1. The molecule has 0 spiro atoms. The van der Waals surface area contributed by atoms with Crippen LogP contribution in [0.15, 0.2) is 45.9 Å². The molecule has 6 heteroatoms. The van der Waals surface area contributed by atoms with Crippen LogP contribution in [0.25, 0.3) is 0 Å². The summed E-state index contributed by atoms with van der Waals surface area (Å²) in [5.41, 5.74) is 1.55. The van der Waals surface area contributed by atoms with E-state index in [1.165, 1.54) is 6.20 Å². The number of aryl methyl sites for hydroxylation is 2. The molecule has 0 saturated carbocycles. The lowest BCUT2D eigenvalue weighted by atomic mass is 10.2. The van der Waals surface area contributed by atoms with Gasteiger partial charge in [-0.3, -0.25) is 4.72 Å². The lowest BCUT2D eigenvalue weighted by Crippen LogP contribution is -2.15. The van der Waals surface area contributed by atoms with Crippen LogP contribution in [0.4, 0.5) is 5.82 Å². The van der Waals surface area contributed by atoms with Crippen molar-refractivity contribution in [3.63, 3.8) is 0 Å². The third-order valence-electron chi connectivity index (χ3n) is 2.65. The van der Waals surface area contributed by atoms with Gasteiger partial charge in [-0.2, -0.15) is 0 Å². The topological polar surface area (TPSA) is 59.1 Å². The molecule has 0 atom stereocenters. The largest absolute Gasteiger partial charge is 0.263 e. The number of rotatable bonds is 3. The quantitative estimate of drug-likeness (QED) is 0.932. The first-order valence-electron chi connectivity index (χ1n) is 5.61. The summed E-state index contributed by atoms with van der Waals surface area (Å²) >= 11 is 3.39. The molecule has 100 valence electrons. The highest BCUT2D eigenvalue weighted by Gasteiger charge is 2.18. The first-order chi connectivity index (χ1) is 8.90. The van der Waals surface area contributed by atoms with Gasteiger partial charge in [-0.1, -0.05) is 22.0 Å². The molecule has 0 bridgehead atoms. The number of pyridine rings is 1. The number of nitrogens with one attached hydrogen (secondary N) is 1. The van der Waals surface area contributed by atoms with E-state index in [2.05, 4.69) is 25.6 Å². The van der Waals surface area contributed by atoms with Crippen LogP contribution in [0, 0.1) is 13.8 Å². The Labute approximate surface area is 121 Å². The summed E-state index contributed by atoms with van der Waals surface area (Å²) < 4.78 is 28.0. The van der Waals surface area contributed by atoms with Gasteiger partial charge in [0.05, 0.1) is 4.90 Å². The minimum atomic E-state index is -3.62. The first kappa shape index (κ1) is 14.0. The number of anilines is 1. The zero-order valence-electron chi connectivity index (χ0n) is 10.5. The Morgan fingerprint density at radius 2 is 1.89 bits per heavy atom. The number of benzene rings is 1. The van der Waals surface area contributed by atoms with Crippen LogP contribution >= 0.6 is 15.9 Å². The van der Waals surface area contributed by atoms with E-state index in [4.69, 9.17) is 0 Å². The monoisotopic (exact) mass is 340 g/mol. The molecule has 1 N–H and O–H groups in total. The maximum atomic E-state index is 12.3. The van der Waals surface area contributed by atoms with Crippen LogP contribution in [0.3, 0.4) is 0 Å². The van der Waals surface area contributed by atoms with Gasteiger partial charge in [-0.15, -0.1) is 0 Å².